The maximum Gasteiger partial charge on any atom is 0.0310 e. The maximum absolute atomic E-state index is 2.59. The van der Waals surface area contributed by atoms with E-state index in [0.717, 1.165) is 0 Å². The molecule has 0 aromatic heterocycles. The molecule has 1 heteroatoms. The van der Waals surface area contributed by atoms with Crippen LogP contribution in [0.25, 0.3) is 0 Å². The van der Waals surface area contributed by atoms with Crippen molar-refractivity contribution in [3.63, 3.8) is 0 Å². The summed E-state index contributed by atoms with van der Waals surface area (Å²) < 4.78 is 0. The highest BCUT2D eigenvalue weighted by Crippen LogP contribution is 2.35. The standard InChI is InChI=1S/C18H25N/c1-19-14-13-16-9-5-6-10-17(16)18(19)12-11-15-7-3-2-4-8-15/h2-4,7-8,18H,5-6,9-14H2,1H3. The van der Waals surface area contributed by atoms with E-state index in [1.807, 2.05) is 5.57 Å². The van der Waals surface area contributed by atoms with Crippen molar-refractivity contribution in [2.24, 2.45) is 0 Å². The second kappa shape index (κ2) is 5.92. The average molecular weight is 255 g/mol. The van der Waals surface area contributed by atoms with E-state index in [2.05, 4.69) is 42.3 Å². The molecular weight excluding hydrogens is 230 g/mol. The Balaban J connectivity index is 1.71. The lowest BCUT2D eigenvalue weighted by Crippen LogP contribution is -2.39. The third-order valence-corrected chi connectivity index (χ3v) is 4.88. The van der Waals surface area contributed by atoms with Gasteiger partial charge in [-0.1, -0.05) is 41.5 Å². The van der Waals surface area contributed by atoms with Gasteiger partial charge in [-0.15, -0.1) is 0 Å². The molecule has 102 valence electrons. The third-order valence-electron chi connectivity index (χ3n) is 4.88. The fraction of sp³-hybridized carbons (Fsp3) is 0.556. The summed E-state index contributed by atoms with van der Waals surface area (Å²) in [6, 6.07) is 11.7. The molecule has 1 unspecified atom stereocenters. The number of benzene rings is 1. The van der Waals surface area contributed by atoms with Crippen molar-refractivity contribution >= 4 is 0 Å². The molecule has 0 fully saturated rings. The van der Waals surface area contributed by atoms with Crippen molar-refractivity contribution in [3.8, 4) is 0 Å². The summed E-state index contributed by atoms with van der Waals surface area (Å²) in [4.78, 5) is 2.59. The monoisotopic (exact) mass is 255 g/mol. The molecule has 0 bridgehead atoms. The van der Waals surface area contributed by atoms with Crippen LogP contribution in [-0.2, 0) is 6.42 Å². The van der Waals surface area contributed by atoms with Crippen molar-refractivity contribution in [1.82, 2.24) is 4.90 Å². The molecule has 1 aliphatic carbocycles. The smallest absolute Gasteiger partial charge is 0.0310 e. The first kappa shape index (κ1) is 12.9. The summed E-state index contributed by atoms with van der Waals surface area (Å²) in [5.74, 6) is 0. The lowest BCUT2D eigenvalue weighted by Gasteiger charge is -2.39. The zero-order valence-corrected chi connectivity index (χ0v) is 12.1. The Morgan fingerprint density at radius 3 is 2.68 bits per heavy atom. The fourth-order valence-electron chi connectivity index (χ4n) is 3.75. The van der Waals surface area contributed by atoms with Crippen LogP contribution in [0.5, 0.6) is 0 Å². The highest BCUT2D eigenvalue weighted by molar-refractivity contribution is 5.26. The first-order valence-corrected chi connectivity index (χ1v) is 7.79. The Kier molecular flexibility index (Phi) is 4.03. The summed E-state index contributed by atoms with van der Waals surface area (Å²) >= 11 is 0. The Labute approximate surface area is 117 Å². The van der Waals surface area contributed by atoms with Crippen LogP contribution in [-0.4, -0.2) is 24.5 Å². The molecule has 1 atom stereocenters. The molecule has 0 radical (unpaired) electrons. The van der Waals surface area contributed by atoms with E-state index >= 15 is 0 Å². The van der Waals surface area contributed by atoms with Crippen molar-refractivity contribution < 1.29 is 0 Å². The average Bonchev–Trinajstić information content (AvgIpc) is 2.47. The summed E-state index contributed by atoms with van der Waals surface area (Å²) in [6.07, 6.45) is 9.41. The van der Waals surface area contributed by atoms with Crippen LogP contribution in [0, 0.1) is 0 Å². The Morgan fingerprint density at radius 2 is 1.84 bits per heavy atom. The normalized spacial score (nSPS) is 24.4. The van der Waals surface area contributed by atoms with E-state index in [4.69, 9.17) is 0 Å². The number of aryl methyl sites for hydroxylation is 1. The minimum atomic E-state index is 0.712. The van der Waals surface area contributed by atoms with E-state index in [9.17, 15) is 0 Å². The summed E-state index contributed by atoms with van der Waals surface area (Å²) in [6.45, 7) is 1.26. The Morgan fingerprint density at radius 1 is 1.05 bits per heavy atom. The first-order valence-electron chi connectivity index (χ1n) is 7.79. The van der Waals surface area contributed by atoms with Crippen molar-refractivity contribution in [2.75, 3.05) is 13.6 Å². The van der Waals surface area contributed by atoms with Gasteiger partial charge in [-0.3, -0.25) is 4.90 Å². The second-order valence-corrected chi connectivity index (χ2v) is 6.11. The van der Waals surface area contributed by atoms with Crippen molar-refractivity contribution in [3.05, 3.63) is 47.0 Å². The summed E-state index contributed by atoms with van der Waals surface area (Å²) in [5.41, 5.74) is 5.10. The number of nitrogens with zero attached hydrogens (tertiary/aromatic N) is 1. The zero-order valence-electron chi connectivity index (χ0n) is 12.1. The predicted octanol–water partition coefficient (Wildman–Crippen LogP) is 4.19. The molecular formula is C18H25N. The topological polar surface area (TPSA) is 3.24 Å². The van der Waals surface area contributed by atoms with E-state index in [1.165, 1.54) is 57.1 Å². The van der Waals surface area contributed by atoms with Gasteiger partial charge in [0.1, 0.15) is 0 Å². The lowest BCUT2D eigenvalue weighted by atomic mass is 9.81. The molecule has 0 saturated carbocycles. The largest absolute Gasteiger partial charge is 0.299 e. The van der Waals surface area contributed by atoms with Crippen LogP contribution >= 0.6 is 0 Å². The molecule has 0 spiro atoms. The second-order valence-electron chi connectivity index (χ2n) is 6.11. The van der Waals surface area contributed by atoms with Gasteiger partial charge in [-0.05, 0) is 57.6 Å². The summed E-state index contributed by atoms with van der Waals surface area (Å²) in [7, 11) is 2.31. The molecule has 19 heavy (non-hydrogen) atoms. The molecule has 1 nitrogen and oxygen atoms in total. The van der Waals surface area contributed by atoms with E-state index in [-0.39, 0.29) is 0 Å². The van der Waals surface area contributed by atoms with Gasteiger partial charge in [-0.25, -0.2) is 0 Å². The summed E-state index contributed by atoms with van der Waals surface area (Å²) in [5, 5.41) is 0. The van der Waals surface area contributed by atoms with Gasteiger partial charge in [-0.2, -0.15) is 0 Å². The molecule has 1 aromatic rings. The predicted molar refractivity (Wildman–Crippen MR) is 81.3 cm³/mol. The van der Waals surface area contributed by atoms with Gasteiger partial charge in [0, 0.05) is 12.6 Å². The van der Waals surface area contributed by atoms with Gasteiger partial charge in [0.15, 0.2) is 0 Å². The van der Waals surface area contributed by atoms with Gasteiger partial charge in [0.25, 0.3) is 0 Å². The van der Waals surface area contributed by atoms with Crippen LogP contribution in [0.4, 0.5) is 0 Å². The van der Waals surface area contributed by atoms with Crippen LogP contribution in [0.15, 0.2) is 41.5 Å². The zero-order chi connectivity index (χ0) is 13.1. The molecule has 0 saturated heterocycles. The maximum atomic E-state index is 2.59. The van der Waals surface area contributed by atoms with E-state index in [0.29, 0.717) is 6.04 Å². The quantitative estimate of drug-likeness (QED) is 0.732. The number of likely N-dealkylation sites (N-methyl/N-ethyl adjacent to an activating group) is 1. The molecule has 2 aliphatic rings. The fourth-order valence-corrected chi connectivity index (χ4v) is 3.75. The van der Waals surface area contributed by atoms with Crippen molar-refractivity contribution in [1.29, 1.82) is 0 Å². The SMILES string of the molecule is CN1CCC2=C(CCCC2)C1CCc1ccccc1. The minimum absolute atomic E-state index is 0.712. The molecule has 1 aliphatic heterocycles. The van der Waals surface area contributed by atoms with Crippen LogP contribution < -0.4 is 0 Å². The number of hydrogen-bond acceptors (Lipinski definition) is 1. The number of rotatable bonds is 3. The highest BCUT2D eigenvalue weighted by Gasteiger charge is 2.27. The first-order chi connectivity index (χ1) is 9.34. The molecule has 0 amide bonds. The van der Waals surface area contributed by atoms with E-state index in [1.54, 1.807) is 5.57 Å². The van der Waals surface area contributed by atoms with Crippen molar-refractivity contribution in [2.45, 2.75) is 51.0 Å². The van der Waals surface area contributed by atoms with E-state index < -0.39 is 0 Å². The molecule has 0 N–H and O–H groups in total. The van der Waals surface area contributed by atoms with Gasteiger partial charge in [0.05, 0.1) is 0 Å². The lowest BCUT2D eigenvalue weighted by molar-refractivity contribution is 0.233. The highest BCUT2D eigenvalue weighted by atomic mass is 15.1. The minimum Gasteiger partial charge on any atom is -0.299 e. The van der Waals surface area contributed by atoms with Gasteiger partial charge >= 0.3 is 0 Å². The Bertz CT molecular complexity index is 446. The number of hydrogen-bond donors (Lipinski definition) is 0. The van der Waals surface area contributed by atoms with Gasteiger partial charge < -0.3 is 0 Å². The van der Waals surface area contributed by atoms with Crippen LogP contribution in [0.1, 0.15) is 44.1 Å². The Hall–Kier alpha value is -1.08. The van der Waals surface area contributed by atoms with Gasteiger partial charge in [0.2, 0.25) is 0 Å². The molecule has 3 rings (SSSR count). The molecule has 1 aromatic carbocycles. The third kappa shape index (κ3) is 2.92. The molecule has 1 heterocycles. The van der Waals surface area contributed by atoms with Crippen LogP contribution in [0.2, 0.25) is 0 Å². The van der Waals surface area contributed by atoms with Crippen LogP contribution in [0.3, 0.4) is 0 Å².